The number of benzene rings is 2. The quantitative estimate of drug-likeness (QED) is 0.805. The molecule has 0 heterocycles. The Morgan fingerprint density at radius 1 is 0.875 bits per heavy atom. The highest BCUT2D eigenvalue weighted by Gasteiger charge is 2.25. The van der Waals surface area contributed by atoms with Gasteiger partial charge in [-0.25, -0.2) is 0 Å². The van der Waals surface area contributed by atoms with E-state index < -0.39 is 5.06 Å². The Morgan fingerprint density at radius 2 is 1.38 bits per heavy atom. The summed E-state index contributed by atoms with van der Waals surface area (Å²) in [6.45, 7) is 0. The maximum atomic E-state index is 10.2. The number of halogens is 1. The normalized spacial score (nSPS) is 14.4. The lowest BCUT2D eigenvalue weighted by Gasteiger charge is -2.21. The van der Waals surface area contributed by atoms with Crippen LogP contribution in [0.3, 0.4) is 0 Å². The molecule has 0 bridgehead atoms. The van der Waals surface area contributed by atoms with Gasteiger partial charge in [-0.2, -0.15) is 0 Å². The maximum absolute atomic E-state index is 10.2. The first-order chi connectivity index (χ1) is 7.68. The fraction of sp³-hybridized carbons (Fsp3) is 0.143. The standard InChI is InChI=1S/C14H13ClO/c15-14(16,13-9-5-2-6-10-13)11-12-7-3-1-4-8-12/h1-10,16H,11H2. The highest BCUT2D eigenvalue weighted by atomic mass is 35.5. The molecule has 1 nitrogen and oxygen atoms in total. The van der Waals surface area contributed by atoms with Crippen molar-refractivity contribution in [3.8, 4) is 0 Å². The van der Waals surface area contributed by atoms with Crippen LogP contribution in [0.5, 0.6) is 0 Å². The van der Waals surface area contributed by atoms with E-state index in [-0.39, 0.29) is 0 Å². The van der Waals surface area contributed by atoms with Crippen LogP contribution in [-0.4, -0.2) is 5.11 Å². The van der Waals surface area contributed by atoms with Crippen LogP contribution in [0.2, 0.25) is 0 Å². The molecule has 1 atom stereocenters. The van der Waals surface area contributed by atoms with Gasteiger partial charge in [-0.05, 0) is 11.1 Å². The van der Waals surface area contributed by atoms with Crippen molar-refractivity contribution in [1.82, 2.24) is 0 Å². The van der Waals surface area contributed by atoms with Crippen molar-refractivity contribution in [3.63, 3.8) is 0 Å². The minimum absolute atomic E-state index is 0.402. The molecule has 0 fully saturated rings. The zero-order chi connectivity index (χ0) is 11.4. The first-order valence-corrected chi connectivity index (χ1v) is 5.57. The van der Waals surface area contributed by atoms with Crippen molar-refractivity contribution in [1.29, 1.82) is 0 Å². The van der Waals surface area contributed by atoms with E-state index >= 15 is 0 Å². The van der Waals surface area contributed by atoms with E-state index in [1.165, 1.54) is 0 Å². The topological polar surface area (TPSA) is 20.2 Å². The highest BCUT2D eigenvalue weighted by molar-refractivity contribution is 6.22. The second-order valence-corrected chi connectivity index (χ2v) is 4.41. The smallest absolute Gasteiger partial charge is 0.168 e. The van der Waals surface area contributed by atoms with E-state index in [1.54, 1.807) is 0 Å². The number of alkyl halides is 1. The second-order valence-electron chi connectivity index (χ2n) is 3.79. The lowest BCUT2D eigenvalue weighted by atomic mass is 10.0. The van der Waals surface area contributed by atoms with Gasteiger partial charge >= 0.3 is 0 Å². The fourth-order valence-corrected chi connectivity index (χ4v) is 1.94. The summed E-state index contributed by atoms with van der Waals surface area (Å²) in [6.07, 6.45) is 0.402. The molecule has 0 aliphatic rings. The molecule has 0 aliphatic carbocycles. The van der Waals surface area contributed by atoms with Gasteiger partial charge in [0.05, 0.1) is 0 Å². The summed E-state index contributed by atoms with van der Waals surface area (Å²) in [7, 11) is 0. The minimum Gasteiger partial charge on any atom is -0.370 e. The van der Waals surface area contributed by atoms with Crippen LogP contribution >= 0.6 is 11.6 Å². The van der Waals surface area contributed by atoms with Crippen molar-refractivity contribution < 1.29 is 5.11 Å². The van der Waals surface area contributed by atoms with Crippen molar-refractivity contribution in [2.75, 3.05) is 0 Å². The number of rotatable bonds is 3. The molecule has 0 aliphatic heterocycles. The molecule has 0 amide bonds. The van der Waals surface area contributed by atoms with Crippen molar-refractivity contribution in [3.05, 3.63) is 71.8 Å². The Balaban J connectivity index is 2.21. The second kappa shape index (κ2) is 4.69. The first-order valence-electron chi connectivity index (χ1n) is 5.19. The average molecular weight is 233 g/mol. The molecule has 0 aromatic heterocycles. The van der Waals surface area contributed by atoms with Crippen LogP contribution in [0.4, 0.5) is 0 Å². The third kappa shape index (κ3) is 2.63. The van der Waals surface area contributed by atoms with Crippen LogP contribution in [0.1, 0.15) is 11.1 Å². The van der Waals surface area contributed by atoms with Gasteiger partial charge in [0.25, 0.3) is 0 Å². The molecule has 2 heteroatoms. The summed E-state index contributed by atoms with van der Waals surface area (Å²) < 4.78 is 0. The SMILES string of the molecule is OC(Cl)(Cc1ccccc1)c1ccccc1. The molecular formula is C14H13ClO. The van der Waals surface area contributed by atoms with Gasteiger partial charge in [0, 0.05) is 6.42 Å². The molecule has 82 valence electrons. The highest BCUT2D eigenvalue weighted by Crippen LogP contribution is 2.29. The Bertz CT molecular complexity index is 437. The fourth-order valence-electron chi connectivity index (χ4n) is 1.66. The van der Waals surface area contributed by atoms with Gasteiger partial charge in [-0.15, -0.1) is 0 Å². The maximum Gasteiger partial charge on any atom is 0.168 e. The van der Waals surface area contributed by atoms with Gasteiger partial charge < -0.3 is 5.11 Å². The summed E-state index contributed by atoms with van der Waals surface area (Å²) in [5, 5.41) is 8.87. The summed E-state index contributed by atoms with van der Waals surface area (Å²) in [5.41, 5.74) is 1.74. The molecule has 0 spiro atoms. The third-order valence-electron chi connectivity index (χ3n) is 2.50. The van der Waals surface area contributed by atoms with Gasteiger partial charge in [0.2, 0.25) is 0 Å². The molecule has 0 saturated carbocycles. The van der Waals surface area contributed by atoms with Crippen LogP contribution < -0.4 is 0 Å². The lowest BCUT2D eigenvalue weighted by Crippen LogP contribution is -2.20. The Kier molecular flexibility index (Phi) is 3.28. The Labute approximate surface area is 100 Å². The van der Waals surface area contributed by atoms with E-state index in [2.05, 4.69) is 0 Å². The largest absolute Gasteiger partial charge is 0.370 e. The lowest BCUT2D eigenvalue weighted by molar-refractivity contribution is 0.129. The first kappa shape index (κ1) is 11.2. The number of hydrogen-bond donors (Lipinski definition) is 1. The van der Waals surface area contributed by atoms with Gasteiger partial charge in [0.1, 0.15) is 0 Å². The molecular weight excluding hydrogens is 220 g/mol. The van der Waals surface area contributed by atoms with E-state index in [0.29, 0.717) is 6.42 Å². The van der Waals surface area contributed by atoms with Gasteiger partial charge in [0.15, 0.2) is 5.06 Å². The van der Waals surface area contributed by atoms with Crippen LogP contribution in [0.25, 0.3) is 0 Å². The molecule has 1 unspecified atom stereocenters. The molecule has 2 rings (SSSR count). The van der Waals surface area contributed by atoms with Gasteiger partial charge in [-0.3, -0.25) is 0 Å². The van der Waals surface area contributed by atoms with Crippen LogP contribution in [-0.2, 0) is 11.5 Å². The molecule has 1 N–H and O–H groups in total. The van der Waals surface area contributed by atoms with Crippen molar-refractivity contribution in [2.24, 2.45) is 0 Å². The molecule has 0 saturated heterocycles. The predicted octanol–water partition coefficient (Wildman–Crippen LogP) is 3.31. The minimum atomic E-state index is -1.33. The summed E-state index contributed by atoms with van der Waals surface area (Å²) in [6, 6.07) is 19.0. The van der Waals surface area contributed by atoms with E-state index in [1.807, 2.05) is 60.7 Å². The monoisotopic (exact) mass is 232 g/mol. The summed E-state index contributed by atoms with van der Waals surface area (Å²) >= 11 is 6.15. The van der Waals surface area contributed by atoms with E-state index in [0.717, 1.165) is 11.1 Å². The molecule has 0 radical (unpaired) electrons. The third-order valence-corrected chi connectivity index (χ3v) is 2.85. The van der Waals surface area contributed by atoms with Gasteiger partial charge in [-0.1, -0.05) is 72.3 Å². The summed E-state index contributed by atoms with van der Waals surface area (Å²) in [5.74, 6) is 0. The predicted molar refractivity (Wildman–Crippen MR) is 66.3 cm³/mol. The summed E-state index contributed by atoms with van der Waals surface area (Å²) in [4.78, 5) is 0. The molecule has 16 heavy (non-hydrogen) atoms. The number of aliphatic hydroxyl groups is 1. The average Bonchev–Trinajstić information content (AvgIpc) is 2.31. The van der Waals surface area contributed by atoms with Crippen molar-refractivity contribution >= 4 is 11.6 Å². The zero-order valence-electron chi connectivity index (χ0n) is 8.81. The number of hydrogen-bond acceptors (Lipinski definition) is 1. The Hall–Kier alpha value is -1.31. The zero-order valence-corrected chi connectivity index (χ0v) is 9.56. The van der Waals surface area contributed by atoms with Crippen molar-refractivity contribution in [2.45, 2.75) is 11.5 Å². The van der Waals surface area contributed by atoms with Crippen LogP contribution in [0, 0.1) is 0 Å². The van der Waals surface area contributed by atoms with E-state index in [9.17, 15) is 5.11 Å². The van der Waals surface area contributed by atoms with Crippen LogP contribution in [0.15, 0.2) is 60.7 Å². The van der Waals surface area contributed by atoms with E-state index in [4.69, 9.17) is 11.6 Å². The molecule has 2 aromatic carbocycles. The molecule has 2 aromatic rings. The Morgan fingerprint density at radius 3 is 1.94 bits per heavy atom.